The van der Waals surface area contributed by atoms with Gasteiger partial charge in [0.1, 0.15) is 5.75 Å². The molecule has 0 amide bonds. The molecule has 1 aliphatic heterocycles. The van der Waals surface area contributed by atoms with E-state index in [1.807, 2.05) is 35.0 Å². The number of rotatable bonds is 9. The molecule has 2 aromatic carbocycles. The number of hydrogen-bond acceptors (Lipinski definition) is 8. The number of aromatic amines is 1. The summed E-state index contributed by atoms with van der Waals surface area (Å²) in [6.07, 6.45) is 5.37. The Morgan fingerprint density at radius 2 is 1.87 bits per heavy atom. The Kier molecular flexibility index (Phi) is 6.71. The molecule has 0 unspecified atom stereocenters. The highest BCUT2D eigenvalue weighted by molar-refractivity contribution is 5.83. The van der Waals surface area contributed by atoms with Crippen molar-refractivity contribution in [1.29, 1.82) is 0 Å². The first kappa shape index (κ1) is 24.4. The molecule has 1 atom stereocenters. The van der Waals surface area contributed by atoms with Crippen LogP contribution in [0, 0.1) is 0 Å². The van der Waals surface area contributed by atoms with E-state index in [-0.39, 0.29) is 18.4 Å². The summed E-state index contributed by atoms with van der Waals surface area (Å²) < 4.78 is 18.4. The van der Waals surface area contributed by atoms with Gasteiger partial charge in [0.2, 0.25) is 6.79 Å². The van der Waals surface area contributed by atoms with E-state index in [1.165, 1.54) is 12.8 Å². The van der Waals surface area contributed by atoms with Gasteiger partial charge in [0, 0.05) is 30.1 Å². The van der Waals surface area contributed by atoms with Gasteiger partial charge in [0.15, 0.2) is 17.3 Å². The Balaban J connectivity index is 1.37. The first-order valence-corrected chi connectivity index (χ1v) is 13.2. The van der Waals surface area contributed by atoms with E-state index in [9.17, 15) is 4.79 Å². The molecule has 10 nitrogen and oxygen atoms in total. The van der Waals surface area contributed by atoms with Gasteiger partial charge >= 0.3 is 0 Å². The zero-order valence-electron chi connectivity index (χ0n) is 21.7. The quantitative estimate of drug-likeness (QED) is 0.346. The molecule has 1 saturated carbocycles. The lowest BCUT2D eigenvalue weighted by Crippen LogP contribution is -2.32. The monoisotopic (exact) mass is 516 g/mol. The van der Waals surface area contributed by atoms with Crippen LogP contribution in [0.15, 0.2) is 47.3 Å². The van der Waals surface area contributed by atoms with Crippen molar-refractivity contribution < 1.29 is 14.2 Å². The largest absolute Gasteiger partial charge is 0.497 e. The van der Waals surface area contributed by atoms with Crippen LogP contribution in [0.25, 0.3) is 10.9 Å². The number of methoxy groups -OCH3 is 1. The number of tetrazole rings is 1. The maximum atomic E-state index is 13.3. The van der Waals surface area contributed by atoms with Gasteiger partial charge in [-0.25, -0.2) is 4.68 Å². The number of nitrogens with zero attached hydrogens (tertiary/aromatic N) is 5. The normalized spacial score (nSPS) is 16.0. The molecule has 0 saturated heterocycles. The van der Waals surface area contributed by atoms with Gasteiger partial charge in [-0.05, 0) is 59.5 Å². The number of H-pyrrole nitrogens is 1. The van der Waals surface area contributed by atoms with E-state index in [4.69, 9.17) is 14.2 Å². The minimum absolute atomic E-state index is 0.0699. The summed E-state index contributed by atoms with van der Waals surface area (Å²) in [5, 5.41) is 13.9. The van der Waals surface area contributed by atoms with E-state index in [0.717, 1.165) is 47.3 Å². The van der Waals surface area contributed by atoms with E-state index < -0.39 is 0 Å². The fourth-order valence-corrected chi connectivity index (χ4v) is 5.65. The highest BCUT2D eigenvalue weighted by Gasteiger charge is 2.30. The number of aromatic nitrogens is 5. The highest BCUT2D eigenvalue weighted by Crippen LogP contribution is 2.36. The minimum atomic E-state index is -0.124. The molecule has 10 heteroatoms. The van der Waals surface area contributed by atoms with Crippen LogP contribution >= 0.6 is 0 Å². The van der Waals surface area contributed by atoms with Crippen LogP contribution in [0.2, 0.25) is 0 Å². The van der Waals surface area contributed by atoms with Crippen LogP contribution in [0.4, 0.5) is 0 Å². The van der Waals surface area contributed by atoms with Crippen molar-refractivity contribution in [2.45, 2.75) is 64.2 Å². The minimum Gasteiger partial charge on any atom is -0.497 e. The second-order valence-electron chi connectivity index (χ2n) is 10.0. The number of ether oxygens (including phenoxy) is 3. The number of fused-ring (bicyclic) bond motifs is 2. The van der Waals surface area contributed by atoms with Gasteiger partial charge < -0.3 is 19.2 Å². The van der Waals surface area contributed by atoms with Crippen molar-refractivity contribution in [3.8, 4) is 17.2 Å². The van der Waals surface area contributed by atoms with E-state index in [1.54, 1.807) is 7.11 Å². The molecule has 198 valence electrons. The van der Waals surface area contributed by atoms with Crippen LogP contribution in [0.5, 0.6) is 17.2 Å². The molecular formula is C28H32N6O4. The summed E-state index contributed by atoms with van der Waals surface area (Å²) in [5.41, 5.74) is 2.39. The van der Waals surface area contributed by atoms with Crippen molar-refractivity contribution in [3.05, 3.63) is 69.8 Å². The van der Waals surface area contributed by atoms with Gasteiger partial charge in [-0.2, -0.15) is 0 Å². The zero-order chi connectivity index (χ0) is 26.1. The highest BCUT2D eigenvalue weighted by atomic mass is 16.7. The lowest BCUT2D eigenvalue weighted by molar-refractivity contribution is 0.158. The van der Waals surface area contributed by atoms with Crippen LogP contribution in [0.3, 0.4) is 0 Å². The summed E-state index contributed by atoms with van der Waals surface area (Å²) in [4.78, 5) is 18.6. The third kappa shape index (κ3) is 4.71. The smallest absolute Gasteiger partial charge is 0.252 e. The van der Waals surface area contributed by atoms with E-state index in [2.05, 4.69) is 44.5 Å². The fourth-order valence-electron chi connectivity index (χ4n) is 5.65. The zero-order valence-corrected chi connectivity index (χ0v) is 21.7. The first-order chi connectivity index (χ1) is 18.6. The molecule has 38 heavy (non-hydrogen) atoms. The van der Waals surface area contributed by atoms with E-state index in [0.29, 0.717) is 36.2 Å². The standard InChI is InChI=1S/C28H32N6O4/c1-3-24(27-30-31-32-34(27)21-6-4-5-7-21)33(15-18-8-10-22(36-2)11-9-18)16-20-12-19-13-25-26(38-17-37-25)14-23(19)29-28(20)35/h8-14,21,24H,3-7,15-17H2,1-2H3,(H,29,35)/t24-/m1/s1. The predicted octanol–water partition coefficient (Wildman–Crippen LogP) is 4.52. The topological polar surface area (TPSA) is 107 Å². The van der Waals surface area contributed by atoms with Crippen LogP contribution in [0.1, 0.15) is 68.1 Å². The second-order valence-corrected chi connectivity index (χ2v) is 10.0. The number of nitrogens with one attached hydrogen (secondary N) is 1. The van der Waals surface area contributed by atoms with E-state index >= 15 is 0 Å². The molecule has 0 radical (unpaired) electrons. The molecule has 6 rings (SSSR count). The lowest BCUT2D eigenvalue weighted by atomic mass is 10.1. The first-order valence-electron chi connectivity index (χ1n) is 13.2. The molecule has 2 aromatic heterocycles. The van der Waals surface area contributed by atoms with Crippen LogP contribution in [-0.4, -0.2) is 44.0 Å². The van der Waals surface area contributed by atoms with Crippen molar-refractivity contribution in [2.75, 3.05) is 13.9 Å². The molecule has 3 heterocycles. The Bertz CT molecular complexity index is 1480. The average Bonchev–Trinajstić information content (AvgIpc) is 3.71. The van der Waals surface area contributed by atoms with Gasteiger partial charge in [0.05, 0.1) is 24.7 Å². The summed E-state index contributed by atoms with van der Waals surface area (Å²) in [6, 6.07) is 14.0. The second kappa shape index (κ2) is 10.4. The third-order valence-corrected chi connectivity index (χ3v) is 7.65. The SMILES string of the molecule is CC[C@H](c1nnnn1C1CCCC1)N(Cc1ccc(OC)cc1)Cc1cc2cc3c(cc2[nH]c1=O)OCO3. The van der Waals surface area contributed by atoms with Gasteiger partial charge in [-0.1, -0.05) is 31.9 Å². The summed E-state index contributed by atoms with van der Waals surface area (Å²) in [7, 11) is 1.66. The molecule has 0 bridgehead atoms. The molecule has 2 aliphatic rings. The van der Waals surface area contributed by atoms with Crippen molar-refractivity contribution in [1.82, 2.24) is 30.1 Å². The Morgan fingerprint density at radius 3 is 2.61 bits per heavy atom. The van der Waals surface area contributed by atoms with Crippen LogP contribution in [-0.2, 0) is 13.1 Å². The fraction of sp³-hybridized carbons (Fsp3) is 0.429. The maximum absolute atomic E-state index is 13.3. The summed E-state index contributed by atoms with van der Waals surface area (Å²) >= 11 is 0. The van der Waals surface area contributed by atoms with Gasteiger partial charge in [-0.15, -0.1) is 5.10 Å². The number of hydrogen-bond donors (Lipinski definition) is 1. The Hall–Kier alpha value is -3.92. The molecule has 0 spiro atoms. The maximum Gasteiger partial charge on any atom is 0.252 e. The van der Waals surface area contributed by atoms with Crippen molar-refractivity contribution >= 4 is 10.9 Å². The molecule has 1 fully saturated rings. The van der Waals surface area contributed by atoms with Crippen molar-refractivity contribution in [3.63, 3.8) is 0 Å². The summed E-state index contributed by atoms with van der Waals surface area (Å²) in [5.74, 6) is 3.00. The summed E-state index contributed by atoms with van der Waals surface area (Å²) in [6.45, 7) is 3.39. The molecule has 4 aromatic rings. The van der Waals surface area contributed by atoms with Crippen LogP contribution < -0.4 is 19.8 Å². The number of pyridine rings is 1. The predicted molar refractivity (Wildman–Crippen MR) is 141 cm³/mol. The average molecular weight is 517 g/mol. The lowest BCUT2D eigenvalue weighted by Gasteiger charge is -2.31. The Labute approximate surface area is 220 Å². The molecule has 1 N–H and O–H groups in total. The van der Waals surface area contributed by atoms with Crippen molar-refractivity contribution in [2.24, 2.45) is 0 Å². The van der Waals surface area contributed by atoms with Gasteiger partial charge in [-0.3, -0.25) is 9.69 Å². The molecular weight excluding hydrogens is 484 g/mol. The third-order valence-electron chi connectivity index (χ3n) is 7.65. The molecule has 1 aliphatic carbocycles. The number of benzene rings is 2. The Morgan fingerprint density at radius 1 is 1.11 bits per heavy atom. The van der Waals surface area contributed by atoms with Gasteiger partial charge in [0.25, 0.3) is 5.56 Å².